The van der Waals surface area contributed by atoms with Gasteiger partial charge in [0.15, 0.2) is 0 Å². The lowest BCUT2D eigenvalue weighted by molar-refractivity contribution is -0.133. The van der Waals surface area contributed by atoms with E-state index in [9.17, 15) is 9.59 Å². The molecule has 0 unspecified atom stereocenters. The number of benzene rings is 1. The zero-order chi connectivity index (χ0) is 15.0. The van der Waals surface area contributed by atoms with Crippen molar-refractivity contribution in [2.24, 2.45) is 5.92 Å². The fourth-order valence-corrected chi connectivity index (χ4v) is 2.33. The molecular formula is C15H21NO3S. The minimum absolute atomic E-state index is 0.0223. The summed E-state index contributed by atoms with van der Waals surface area (Å²) in [7, 11) is 0. The molecule has 1 aromatic carbocycles. The molecule has 4 nitrogen and oxygen atoms in total. The van der Waals surface area contributed by atoms with Gasteiger partial charge < -0.3 is 10.4 Å². The van der Waals surface area contributed by atoms with E-state index in [1.54, 1.807) is 0 Å². The lowest BCUT2D eigenvalue weighted by Crippen LogP contribution is -2.12. The molecule has 0 radical (unpaired) electrons. The van der Waals surface area contributed by atoms with Gasteiger partial charge in [0.25, 0.3) is 0 Å². The topological polar surface area (TPSA) is 66.4 Å². The number of carboxylic acid groups (broad SMARTS) is 1. The normalized spacial score (nSPS) is 10.6. The van der Waals surface area contributed by atoms with Gasteiger partial charge in [0.2, 0.25) is 5.91 Å². The Morgan fingerprint density at radius 1 is 1.35 bits per heavy atom. The number of thioether (sulfide) groups is 1. The van der Waals surface area contributed by atoms with E-state index in [0.29, 0.717) is 18.1 Å². The first-order chi connectivity index (χ1) is 9.47. The van der Waals surface area contributed by atoms with E-state index >= 15 is 0 Å². The molecule has 5 heteroatoms. The molecule has 0 aliphatic heterocycles. The molecule has 0 aromatic heterocycles. The maximum atomic E-state index is 11.7. The number of nitrogens with one attached hydrogen (secondary N) is 1. The minimum Gasteiger partial charge on any atom is -0.481 e. The summed E-state index contributed by atoms with van der Waals surface area (Å²) in [5.41, 5.74) is 1.78. The quantitative estimate of drug-likeness (QED) is 0.771. The molecule has 1 amide bonds. The van der Waals surface area contributed by atoms with Crippen LogP contribution in [0.1, 0.15) is 32.3 Å². The van der Waals surface area contributed by atoms with Crippen molar-refractivity contribution >= 4 is 29.3 Å². The van der Waals surface area contributed by atoms with E-state index in [1.807, 2.05) is 24.3 Å². The molecule has 1 rings (SSSR count). The number of carbonyl (C=O) groups excluding carboxylic acids is 1. The van der Waals surface area contributed by atoms with Crippen molar-refractivity contribution in [3.8, 4) is 0 Å². The van der Waals surface area contributed by atoms with Crippen LogP contribution in [0.2, 0.25) is 0 Å². The Hall–Kier alpha value is -1.49. The minimum atomic E-state index is -0.812. The summed E-state index contributed by atoms with van der Waals surface area (Å²) in [6.07, 6.45) is 1.40. The third kappa shape index (κ3) is 7.19. The lowest BCUT2D eigenvalue weighted by atomic mass is 10.1. The number of carbonyl (C=O) groups is 2. The monoisotopic (exact) mass is 295 g/mol. The van der Waals surface area contributed by atoms with E-state index in [0.717, 1.165) is 17.7 Å². The van der Waals surface area contributed by atoms with Gasteiger partial charge in [-0.05, 0) is 30.0 Å². The van der Waals surface area contributed by atoms with Crippen LogP contribution in [0.25, 0.3) is 0 Å². The van der Waals surface area contributed by atoms with Gasteiger partial charge in [-0.15, -0.1) is 11.8 Å². The second kappa shape index (κ2) is 8.64. The highest BCUT2D eigenvalue weighted by Gasteiger charge is 2.05. The SMILES string of the molecule is CC(C)CCC(=O)Nc1cccc(CSCC(=O)O)c1. The zero-order valence-electron chi connectivity index (χ0n) is 11.9. The van der Waals surface area contributed by atoms with Gasteiger partial charge in [-0.1, -0.05) is 26.0 Å². The molecule has 0 saturated carbocycles. The molecule has 0 fully saturated rings. The molecule has 0 spiro atoms. The van der Waals surface area contributed by atoms with Gasteiger partial charge in [0.05, 0.1) is 5.75 Å². The Kier molecular flexibility index (Phi) is 7.15. The largest absolute Gasteiger partial charge is 0.481 e. The molecule has 110 valence electrons. The smallest absolute Gasteiger partial charge is 0.313 e. The van der Waals surface area contributed by atoms with Gasteiger partial charge in [-0.3, -0.25) is 9.59 Å². The summed E-state index contributed by atoms with van der Waals surface area (Å²) in [4.78, 5) is 22.2. The van der Waals surface area contributed by atoms with Crippen LogP contribution in [0.3, 0.4) is 0 Å². The highest BCUT2D eigenvalue weighted by Crippen LogP contribution is 2.17. The molecule has 0 saturated heterocycles. The third-order valence-electron chi connectivity index (χ3n) is 2.65. The maximum absolute atomic E-state index is 11.7. The second-order valence-electron chi connectivity index (χ2n) is 5.07. The van der Waals surface area contributed by atoms with Crippen LogP contribution < -0.4 is 5.32 Å². The van der Waals surface area contributed by atoms with Crippen LogP contribution >= 0.6 is 11.8 Å². The van der Waals surface area contributed by atoms with Crippen LogP contribution in [-0.2, 0) is 15.3 Å². The number of amides is 1. The predicted molar refractivity (Wildman–Crippen MR) is 82.9 cm³/mol. The summed E-state index contributed by atoms with van der Waals surface area (Å²) >= 11 is 1.34. The Morgan fingerprint density at radius 3 is 2.75 bits per heavy atom. The van der Waals surface area contributed by atoms with Crippen molar-refractivity contribution in [2.75, 3.05) is 11.1 Å². The summed E-state index contributed by atoms with van der Waals surface area (Å²) in [6.45, 7) is 4.18. The second-order valence-corrected chi connectivity index (χ2v) is 6.05. The molecule has 0 heterocycles. The lowest BCUT2D eigenvalue weighted by Gasteiger charge is -2.08. The van der Waals surface area contributed by atoms with Crippen molar-refractivity contribution in [3.05, 3.63) is 29.8 Å². The molecule has 0 aliphatic carbocycles. The van der Waals surface area contributed by atoms with Crippen LogP contribution in [0.5, 0.6) is 0 Å². The van der Waals surface area contributed by atoms with Crippen LogP contribution in [0, 0.1) is 5.92 Å². The first-order valence-electron chi connectivity index (χ1n) is 6.65. The van der Waals surface area contributed by atoms with Gasteiger partial charge in [-0.2, -0.15) is 0 Å². The average molecular weight is 295 g/mol. The summed E-state index contributed by atoms with van der Waals surface area (Å²) in [5.74, 6) is 0.439. The Balaban J connectivity index is 2.46. The highest BCUT2D eigenvalue weighted by molar-refractivity contribution is 7.99. The number of aliphatic carboxylic acids is 1. The Labute approximate surface area is 124 Å². The van der Waals surface area contributed by atoms with Crippen molar-refractivity contribution in [1.82, 2.24) is 0 Å². The summed E-state index contributed by atoms with van der Waals surface area (Å²) < 4.78 is 0. The van der Waals surface area contributed by atoms with Crippen LogP contribution in [0.4, 0.5) is 5.69 Å². The number of hydrogen-bond acceptors (Lipinski definition) is 3. The molecule has 0 atom stereocenters. The zero-order valence-corrected chi connectivity index (χ0v) is 12.7. The standard InChI is InChI=1S/C15H21NO3S/c1-11(2)6-7-14(17)16-13-5-3-4-12(8-13)9-20-10-15(18)19/h3-5,8,11H,6-7,9-10H2,1-2H3,(H,16,17)(H,18,19). The van der Waals surface area contributed by atoms with E-state index in [4.69, 9.17) is 5.11 Å². The average Bonchev–Trinajstić information content (AvgIpc) is 2.36. The predicted octanol–water partition coefficient (Wildman–Crippen LogP) is 3.38. The highest BCUT2D eigenvalue weighted by atomic mass is 32.2. The van der Waals surface area contributed by atoms with Crippen molar-refractivity contribution in [3.63, 3.8) is 0 Å². The van der Waals surface area contributed by atoms with E-state index < -0.39 is 5.97 Å². The number of carboxylic acids is 1. The molecule has 20 heavy (non-hydrogen) atoms. The number of anilines is 1. The molecule has 0 bridgehead atoms. The summed E-state index contributed by atoms with van der Waals surface area (Å²) in [6, 6.07) is 7.54. The van der Waals surface area contributed by atoms with E-state index in [1.165, 1.54) is 11.8 Å². The van der Waals surface area contributed by atoms with E-state index in [-0.39, 0.29) is 11.7 Å². The number of hydrogen-bond donors (Lipinski definition) is 2. The molecule has 1 aromatic rings. The fourth-order valence-electron chi connectivity index (χ4n) is 1.64. The van der Waals surface area contributed by atoms with Crippen molar-refractivity contribution < 1.29 is 14.7 Å². The van der Waals surface area contributed by atoms with Crippen LogP contribution in [0.15, 0.2) is 24.3 Å². The first-order valence-corrected chi connectivity index (χ1v) is 7.81. The summed E-state index contributed by atoms with van der Waals surface area (Å²) in [5, 5.41) is 11.5. The molecule has 0 aliphatic rings. The van der Waals surface area contributed by atoms with Gasteiger partial charge in [0.1, 0.15) is 0 Å². The fraction of sp³-hybridized carbons (Fsp3) is 0.467. The van der Waals surface area contributed by atoms with Gasteiger partial charge in [-0.25, -0.2) is 0 Å². The number of rotatable bonds is 8. The third-order valence-corrected chi connectivity index (χ3v) is 3.64. The van der Waals surface area contributed by atoms with Gasteiger partial charge in [0, 0.05) is 17.9 Å². The van der Waals surface area contributed by atoms with E-state index in [2.05, 4.69) is 19.2 Å². The Morgan fingerprint density at radius 2 is 2.10 bits per heavy atom. The van der Waals surface area contributed by atoms with Crippen molar-refractivity contribution in [1.29, 1.82) is 0 Å². The van der Waals surface area contributed by atoms with Crippen molar-refractivity contribution in [2.45, 2.75) is 32.4 Å². The Bertz CT molecular complexity index is 460. The molecular weight excluding hydrogens is 274 g/mol. The van der Waals surface area contributed by atoms with Crippen LogP contribution in [-0.4, -0.2) is 22.7 Å². The molecule has 2 N–H and O–H groups in total. The first kappa shape index (κ1) is 16.6. The van der Waals surface area contributed by atoms with Gasteiger partial charge >= 0.3 is 5.97 Å². The maximum Gasteiger partial charge on any atom is 0.313 e.